The Labute approximate surface area is 157 Å². The Kier molecular flexibility index (Phi) is 5.52. The molecule has 3 rings (SSSR count). The van der Waals surface area contributed by atoms with E-state index < -0.39 is 0 Å². The average molecular weight is 363 g/mol. The van der Waals surface area contributed by atoms with Gasteiger partial charge in [0, 0.05) is 23.7 Å². The third-order valence-corrected chi connectivity index (χ3v) is 4.04. The quantitative estimate of drug-likeness (QED) is 0.465. The number of nitrogens with one attached hydrogen (secondary N) is 1. The van der Waals surface area contributed by atoms with Gasteiger partial charge in [-0.15, -0.1) is 0 Å². The molecule has 5 nitrogen and oxygen atoms in total. The first-order chi connectivity index (χ1) is 13.0. The number of aromatic hydroxyl groups is 3. The lowest BCUT2D eigenvalue weighted by Gasteiger charge is -2.14. The summed E-state index contributed by atoms with van der Waals surface area (Å²) >= 11 is 0. The minimum Gasteiger partial charge on any atom is -0.508 e. The molecule has 0 saturated heterocycles. The summed E-state index contributed by atoms with van der Waals surface area (Å²) in [5, 5.41) is 32.0. The molecule has 5 heteroatoms. The van der Waals surface area contributed by atoms with E-state index >= 15 is 0 Å². The Balaban J connectivity index is 1.63. The standard InChI is InChI=1S/C22H21NO4/c1-15(17-3-2-4-19(25)13-17)23-21-14-20(9-10-22(21)26)27-12-11-16-5-7-18(24)8-6-16/h2-10,13-14,23-26H,1,11-12H2. The molecule has 0 fully saturated rings. The SMILES string of the molecule is C=C(Nc1cc(OCCc2ccc(O)cc2)ccc1O)c1cccc(O)c1. The van der Waals surface area contributed by atoms with Gasteiger partial charge in [0.25, 0.3) is 0 Å². The van der Waals surface area contributed by atoms with Crippen molar-refractivity contribution < 1.29 is 20.1 Å². The average Bonchev–Trinajstić information content (AvgIpc) is 2.66. The molecule has 0 unspecified atom stereocenters. The molecule has 0 aliphatic carbocycles. The van der Waals surface area contributed by atoms with E-state index in [1.807, 2.05) is 18.2 Å². The highest BCUT2D eigenvalue weighted by Gasteiger charge is 2.07. The van der Waals surface area contributed by atoms with Crippen molar-refractivity contribution in [3.05, 3.63) is 84.4 Å². The predicted octanol–water partition coefficient (Wildman–Crippen LogP) is 4.51. The summed E-state index contributed by atoms with van der Waals surface area (Å²) in [6, 6.07) is 18.6. The number of hydrogen-bond donors (Lipinski definition) is 4. The van der Waals surface area contributed by atoms with Crippen molar-refractivity contribution in [2.45, 2.75) is 6.42 Å². The minimum absolute atomic E-state index is 0.0715. The third kappa shape index (κ3) is 4.95. The van der Waals surface area contributed by atoms with Gasteiger partial charge in [0.15, 0.2) is 0 Å². The molecule has 0 amide bonds. The van der Waals surface area contributed by atoms with Crippen LogP contribution in [0.2, 0.25) is 0 Å². The summed E-state index contributed by atoms with van der Waals surface area (Å²) < 4.78 is 5.76. The van der Waals surface area contributed by atoms with E-state index in [1.54, 1.807) is 48.5 Å². The van der Waals surface area contributed by atoms with Gasteiger partial charge in [0.05, 0.1) is 12.3 Å². The largest absolute Gasteiger partial charge is 0.508 e. The second kappa shape index (κ2) is 8.19. The van der Waals surface area contributed by atoms with E-state index in [1.165, 1.54) is 0 Å². The van der Waals surface area contributed by atoms with Gasteiger partial charge in [-0.2, -0.15) is 0 Å². The van der Waals surface area contributed by atoms with Crippen LogP contribution >= 0.6 is 0 Å². The molecule has 3 aromatic rings. The number of benzene rings is 3. The van der Waals surface area contributed by atoms with Crippen LogP contribution in [0, 0.1) is 0 Å². The van der Waals surface area contributed by atoms with Crippen molar-refractivity contribution in [1.82, 2.24) is 0 Å². The third-order valence-electron chi connectivity index (χ3n) is 4.04. The fourth-order valence-electron chi connectivity index (χ4n) is 2.58. The minimum atomic E-state index is 0.0715. The Bertz CT molecular complexity index is 935. The molecule has 0 aliphatic rings. The summed E-state index contributed by atoms with van der Waals surface area (Å²) in [6.07, 6.45) is 0.694. The van der Waals surface area contributed by atoms with Gasteiger partial charge in [0.1, 0.15) is 23.0 Å². The van der Waals surface area contributed by atoms with Crippen molar-refractivity contribution in [3.8, 4) is 23.0 Å². The number of phenols is 3. The molecular formula is C22H21NO4. The van der Waals surface area contributed by atoms with Crippen LogP contribution < -0.4 is 10.1 Å². The molecular weight excluding hydrogens is 342 g/mol. The van der Waals surface area contributed by atoms with E-state index in [0.717, 1.165) is 5.56 Å². The smallest absolute Gasteiger partial charge is 0.139 e. The van der Waals surface area contributed by atoms with E-state index in [4.69, 9.17) is 4.74 Å². The molecule has 4 N–H and O–H groups in total. The van der Waals surface area contributed by atoms with Gasteiger partial charge < -0.3 is 25.4 Å². The first-order valence-electron chi connectivity index (χ1n) is 8.50. The molecule has 138 valence electrons. The fraction of sp³-hybridized carbons (Fsp3) is 0.0909. The number of phenolic OH excluding ortho intramolecular Hbond substituents is 3. The zero-order valence-electron chi connectivity index (χ0n) is 14.7. The van der Waals surface area contributed by atoms with Gasteiger partial charge in [-0.05, 0) is 42.0 Å². The van der Waals surface area contributed by atoms with Gasteiger partial charge in [-0.3, -0.25) is 0 Å². The van der Waals surface area contributed by atoms with Crippen molar-refractivity contribution in [1.29, 1.82) is 0 Å². The molecule has 0 saturated carbocycles. The second-order valence-corrected chi connectivity index (χ2v) is 6.10. The van der Waals surface area contributed by atoms with Crippen LogP contribution in [0.1, 0.15) is 11.1 Å². The van der Waals surface area contributed by atoms with Gasteiger partial charge in [0.2, 0.25) is 0 Å². The second-order valence-electron chi connectivity index (χ2n) is 6.10. The maximum absolute atomic E-state index is 10.1. The van der Waals surface area contributed by atoms with Crippen molar-refractivity contribution in [3.63, 3.8) is 0 Å². The summed E-state index contributed by atoms with van der Waals surface area (Å²) in [6.45, 7) is 4.41. The van der Waals surface area contributed by atoms with Crippen molar-refractivity contribution >= 4 is 11.4 Å². The van der Waals surface area contributed by atoms with Crippen LogP contribution in [0.4, 0.5) is 5.69 Å². The molecule has 0 atom stereocenters. The van der Waals surface area contributed by atoms with Crippen molar-refractivity contribution in [2.75, 3.05) is 11.9 Å². The molecule has 3 aromatic carbocycles. The first kappa shape index (κ1) is 18.2. The van der Waals surface area contributed by atoms with Crippen LogP contribution in [0.3, 0.4) is 0 Å². The Morgan fingerprint density at radius 2 is 1.67 bits per heavy atom. The van der Waals surface area contributed by atoms with Crippen LogP contribution in [0.25, 0.3) is 5.70 Å². The lowest BCUT2D eigenvalue weighted by Crippen LogP contribution is -2.02. The number of anilines is 1. The predicted molar refractivity (Wildman–Crippen MR) is 106 cm³/mol. The maximum atomic E-state index is 10.1. The molecule has 27 heavy (non-hydrogen) atoms. The Morgan fingerprint density at radius 1 is 0.889 bits per heavy atom. The highest BCUT2D eigenvalue weighted by Crippen LogP contribution is 2.31. The molecule has 0 bridgehead atoms. The van der Waals surface area contributed by atoms with E-state index in [2.05, 4.69) is 11.9 Å². The number of rotatable bonds is 7. The van der Waals surface area contributed by atoms with Gasteiger partial charge in [-0.25, -0.2) is 0 Å². The molecule has 0 heterocycles. The summed E-state index contributed by atoms with van der Waals surface area (Å²) in [4.78, 5) is 0. The lowest BCUT2D eigenvalue weighted by atomic mass is 10.1. The molecule has 0 aromatic heterocycles. The van der Waals surface area contributed by atoms with Crippen LogP contribution in [-0.4, -0.2) is 21.9 Å². The monoisotopic (exact) mass is 363 g/mol. The summed E-state index contributed by atoms with van der Waals surface area (Å²) in [5.41, 5.74) is 2.78. The number of hydrogen-bond acceptors (Lipinski definition) is 5. The maximum Gasteiger partial charge on any atom is 0.139 e. The summed E-state index contributed by atoms with van der Waals surface area (Å²) in [5.74, 6) is 1.06. The first-order valence-corrected chi connectivity index (χ1v) is 8.50. The zero-order valence-corrected chi connectivity index (χ0v) is 14.7. The van der Waals surface area contributed by atoms with Gasteiger partial charge in [-0.1, -0.05) is 30.8 Å². The van der Waals surface area contributed by atoms with Crippen LogP contribution in [0.5, 0.6) is 23.0 Å². The van der Waals surface area contributed by atoms with E-state index in [-0.39, 0.29) is 17.2 Å². The number of ether oxygens (including phenoxy) is 1. The van der Waals surface area contributed by atoms with Crippen molar-refractivity contribution in [2.24, 2.45) is 0 Å². The highest BCUT2D eigenvalue weighted by molar-refractivity contribution is 5.78. The lowest BCUT2D eigenvalue weighted by molar-refractivity contribution is 0.321. The normalized spacial score (nSPS) is 10.4. The van der Waals surface area contributed by atoms with E-state index in [9.17, 15) is 15.3 Å². The molecule has 0 aliphatic heterocycles. The Hall–Kier alpha value is -3.60. The van der Waals surface area contributed by atoms with E-state index in [0.29, 0.717) is 35.7 Å². The highest BCUT2D eigenvalue weighted by atomic mass is 16.5. The van der Waals surface area contributed by atoms with Gasteiger partial charge >= 0.3 is 0 Å². The zero-order chi connectivity index (χ0) is 19.2. The molecule has 0 radical (unpaired) electrons. The fourth-order valence-corrected chi connectivity index (χ4v) is 2.58. The molecule has 0 spiro atoms. The topological polar surface area (TPSA) is 82.0 Å². The van der Waals surface area contributed by atoms with Crippen LogP contribution in [-0.2, 0) is 6.42 Å². The summed E-state index contributed by atoms with van der Waals surface area (Å²) in [7, 11) is 0. The Morgan fingerprint density at radius 3 is 2.41 bits per heavy atom. The van der Waals surface area contributed by atoms with Crippen LogP contribution in [0.15, 0.2) is 73.3 Å².